The highest BCUT2D eigenvalue weighted by molar-refractivity contribution is 5.58. The van der Waals surface area contributed by atoms with Crippen LogP contribution in [0.2, 0.25) is 0 Å². The Bertz CT molecular complexity index is 844. The number of rotatable bonds is 6. The SMILES string of the molecule is Cc1cnc(N2CC3(CC(C)C)CC2C3)nc1Nc1cc(C2CCCC2)[nH]n1. The highest BCUT2D eigenvalue weighted by Crippen LogP contribution is 2.55. The fraction of sp³-hybridized carbons (Fsp3) is 0.682. The van der Waals surface area contributed by atoms with Crippen LogP contribution in [0.15, 0.2) is 12.3 Å². The van der Waals surface area contributed by atoms with Crippen molar-refractivity contribution in [1.29, 1.82) is 0 Å². The van der Waals surface area contributed by atoms with E-state index in [9.17, 15) is 0 Å². The molecule has 0 spiro atoms. The minimum atomic E-state index is 0.499. The number of H-pyrrole nitrogens is 1. The Morgan fingerprint density at radius 1 is 1.29 bits per heavy atom. The van der Waals surface area contributed by atoms with Gasteiger partial charge in [0.05, 0.1) is 0 Å². The van der Waals surface area contributed by atoms with Gasteiger partial charge in [-0.05, 0) is 50.4 Å². The molecule has 6 rings (SSSR count). The van der Waals surface area contributed by atoms with E-state index in [-0.39, 0.29) is 0 Å². The third kappa shape index (κ3) is 3.16. The number of fused-ring (bicyclic) bond motifs is 1. The lowest BCUT2D eigenvalue weighted by molar-refractivity contribution is 0.158. The normalized spacial score (nSPS) is 26.9. The summed E-state index contributed by atoms with van der Waals surface area (Å²) in [4.78, 5) is 12.0. The van der Waals surface area contributed by atoms with Gasteiger partial charge < -0.3 is 10.2 Å². The Kier molecular flexibility index (Phi) is 4.33. The molecule has 2 aromatic rings. The fourth-order valence-corrected chi connectivity index (χ4v) is 5.78. The summed E-state index contributed by atoms with van der Waals surface area (Å²) in [7, 11) is 0. The number of anilines is 3. The molecule has 6 heteroatoms. The minimum absolute atomic E-state index is 0.499. The molecular formula is C22H32N6. The summed E-state index contributed by atoms with van der Waals surface area (Å²) < 4.78 is 0. The number of aromatic amines is 1. The molecular weight excluding hydrogens is 348 g/mol. The van der Waals surface area contributed by atoms with Gasteiger partial charge in [0.2, 0.25) is 5.95 Å². The van der Waals surface area contributed by atoms with Gasteiger partial charge in [-0.25, -0.2) is 4.98 Å². The third-order valence-electron chi connectivity index (χ3n) is 6.98. The maximum atomic E-state index is 4.89. The predicted molar refractivity (Wildman–Crippen MR) is 112 cm³/mol. The van der Waals surface area contributed by atoms with Crippen molar-refractivity contribution < 1.29 is 0 Å². The van der Waals surface area contributed by atoms with Crippen molar-refractivity contribution >= 4 is 17.6 Å². The summed E-state index contributed by atoms with van der Waals surface area (Å²) in [5.74, 6) is 3.99. The molecule has 6 nitrogen and oxygen atoms in total. The number of nitrogens with zero attached hydrogens (tertiary/aromatic N) is 4. The Balaban J connectivity index is 1.32. The van der Waals surface area contributed by atoms with Crippen LogP contribution >= 0.6 is 0 Å². The zero-order valence-corrected chi connectivity index (χ0v) is 17.3. The van der Waals surface area contributed by atoms with Crippen LogP contribution in [0.5, 0.6) is 0 Å². The zero-order chi connectivity index (χ0) is 19.3. The standard InChI is InChI=1S/C22H32N6/c1-14(2)9-22-10-17(11-22)28(13-22)21-23-12-15(3)20(25-21)24-19-8-18(26-27-19)16-6-4-5-7-16/h8,12,14,16-17H,4-7,9-11,13H2,1-3H3,(H2,23,24,25,26,27). The van der Waals surface area contributed by atoms with Crippen molar-refractivity contribution in [3.8, 4) is 0 Å². The smallest absolute Gasteiger partial charge is 0.227 e. The predicted octanol–water partition coefficient (Wildman–Crippen LogP) is 4.92. The van der Waals surface area contributed by atoms with E-state index in [1.54, 1.807) is 0 Å². The van der Waals surface area contributed by atoms with Crippen molar-refractivity contribution in [3.63, 3.8) is 0 Å². The van der Waals surface area contributed by atoms with Crippen LogP contribution in [-0.2, 0) is 0 Å². The van der Waals surface area contributed by atoms with Crippen LogP contribution in [0.25, 0.3) is 0 Å². The molecule has 2 N–H and O–H groups in total. The molecule has 0 unspecified atom stereocenters. The number of aryl methyl sites for hydroxylation is 1. The molecule has 4 heterocycles. The van der Waals surface area contributed by atoms with Crippen LogP contribution in [0.1, 0.15) is 76.0 Å². The van der Waals surface area contributed by atoms with Crippen LogP contribution in [0.4, 0.5) is 17.6 Å². The third-order valence-corrected chi connectivity index (χ3v) is 6.98. The molecule has 2 aliphatic carbocycles. The summed E-state index contributed by atoms with van der Waals surface area (Å²) in [6.07, 6.45) is 11.1. The van der Waals surface area contributed by atoms with E-state index < -0.39 is 0 Å². The van der Waals surface area contributed by atoms with Crippen molar-refractivity contribution in [2.24, 2.45) is 11.3 Å². The van der Waals surface area contributed by atoms with Crippen molar-refractivity contribution in [1.82, 2.24) is 20.2 Å². The summed E-state index contributed by atoms with van der Waals surface area (Å²) in [6.45, 7) is 7.82. The molecule has 0 radical (unpaired) electrons. The molecule has 28 heavy (non-hydrogen) atoms. The second-order valence-corrected chi connectivity index (χ2v) is 9.80. The van der Waals surface area contributed by atoms with Crippen molar-refractivity contribution in [3.05, 3.63) is 23.5 Å². The molecule has 4 fully saturated rings. The monoisotopic (exact) mass is 380 g/mol. The molecule has 2 aromatic heterocycles. The van der Waals surface area contributed by atoms with Gasteiger partial charge in [-0.3, -0.25) is 5.10 Å². The molecule has 4 aliphatic rings. The summed E-state index contributed by atoms with van der Waals surface area (Å²) in [5, 5.41) is 11.1. The quantitative estimate of drug-likeness (QED) is 0.744. The van der Waals surface area contributed by atoms with Crippen LogP contribution in [0.3, 0.4) is 0 Å². The first-order valence-corrected chi connectivity index (χ1v) is 10.9. The van der Waals surface area contributed by atoms with Crippen LogP contribution in [0, 0.1) is 18.3 Å². The topological polar surface area (TPSA) is 69.7 Å². The van der Waals surface area contributed by atoms with Gasteiger partial charge in [-0.1, -0.05) is 26.7 Å². The summed E-state index contributed by atoms with van der Waals surface area (Å²) in [5.41, 5.74) is 2.81. The second kappa shape index (κ2) is 6.75. The highest BCUT2D eigenvalue weighted by atomic mass is 15.3. The van der Waals surface area contributed by atoms with E-state index in [1.807, 2.05) is 6.20 Å². The maximum absolute atomic E-state index is 4.89. The Hall–Kier alpha value is -2.11. The fourth-order valence-electron chi connectivity index (χ4n) is 5.78. The lowest BCUT2D eigenvalue weighted by atomic mass is 9.66. The number of nitrogens with one attached hydrogen (secondary N) is 2. The van der Waals surface area contributed by atoms with E-state index >= 15 is 0 Å². The summed E-state index contributed by atoms with van der Waals surface area (Å²) >= 11 is 0. The molecule has 2 bridgehead atoms. The van der Waals surface area contributed by atoms with E-state index in [0.717, 1.165) is 35.6 Å². The van der Waals surface area contributed by atoms with Crippen molar-refractivity contribution in [2.75, 3.05) is 16.8 Å². The van der Waals surface area contributed by atoms with E-state index in [2.05, 4.69) is 52.2 Å². The van der Waals surface area contributed by atoms with Crippen LogP contribution < -0.4 is 10.2 Å². The molecule has 2 saturated carbocycles. The Labute approximate surface area is 167 Å². The van der Waals surface area contributed by atoms with Gasteiger partial charge in [0.1, 0.15) is 5.82 Å². The van der Waals surface area contributed by atoms with Crippen molar-refractivity contribution in [2.45, 2.75) is 77.7 Å². The van der Waals surface area contributed by atoms with E-state index in [0.29, 0.717) is 17.4 Å². The Morgan fingerprint density at radius 2 is 2.07 bits per heavy atom. The van der Waals surface area contributed by atoms with Gasteiger partial charge >= 0.3 is 0 Å². The van der Waals surface area contributed by atoms with Gasteiger partial charge in [0.25, 0.3) is 0 Å². The average molecular weight is 381 g/mol. The Morgan fingerprint density at radius 3 is 2.82 bits per heavy atom. The zero-order valence-electron chi connectivity index (χ0n) is 17.3. The number of hydrogen-bond donors (Lipinski definition) is 2. The highest BCUT2D eigenvalue weighted by Gasteiger charge is 2.55. The lowest BCUT2D eigenvalue weighted by Gasteiger charge is -2.38. The second-order valence-electron chi connectivity index (χ2n) is 9.80. The molecule has 2 saturated heterocycles. The molecule has 150 valence electrons. The first-order chi connectivity index (χ1) is 13.5. The lowest BCUT2D eigenvalue weighted by Crippen LogP contribution is -2.35. The van der Waals surface area contributed by atoms with Gasteiger partial charge in [-0.15, -0.1) is 0 Å². The number of hydrogen-bond acceptors (Lipinski definition) is 5. The molecule has 0 amide bonds. The summed E-state index contributed by atoms with van der Waals surface area (Å²) in [6, 6.07) is 2.77. The van der Waals surface area contributed by atoms with E-state index in [1.165, 1.54) is 50.6 Å². The molecule has 2 aliphatic heterocycles. The largest absolute Gasteiger partial charge is 0.337 e. The van der Waals surface area contributed by atoms with Gasteiger partial charge in [0.15, 0.2) is 5.82 Å². The van der Waals surface area contributed by atoms with Gasteiger partial charge in [-0.2, -0.15) is 10.1 Å². The number of aromatic nitrogens is 4. The van der Waals surface area contributed by atoms with E-state index in [4.69, 9.17) is 4.98 Å². The molecule has 0 atom stereocenters. The first kappa shape index (κ1) is 18.0. The minimum Gasteiger partial charge on any atom is -0.337 e. The van der Waals surface area contributed by atoms with Gasteiger partial charge in [0, 0.05) is 42.0 Å². The molecule has 0 aromatic carbocycles. The van der Waals surface area contributed by atoms with Crippen LogP contribution in [-0.4, -0.2) is 32.8 Å². The maximum Gasteiger partial charge on any atom is 0.227 e. The average Bonchev–Trinajstić information content (AvgIpc) is 3.38. The first-order valence-electron chi connectivity index (χ1n) is 10.9.